The van der Waals surface area contributed by atoms with E-state index in [2.05, 4.69) is 5.32 Å². The molecule has 1 aromatic rings. The molecule has 0 spiro atoms. The number of anilines is 1. The highest BCUT2D eigenvalue weighted by molar-refractivity contribution is 6.00. The predicted molar refractivity (Wildman–Crippen MR) is 69.0 cm³/mol. The molecule has 4 nitrogen and oxygen atoms in total. The van der Waals surface area contributed by atoms with Crippen molar-refractivity contribution < 1.29 is 9.53 Å². The van der Waals surface area contributed by atoms with Gasteiger partial charge in [0.05, 0.1) is 11.2 Å². The molecule has 0 atom stereocenters. The Morgan fingerprint density at radius 3 is 2.65 bits per heavy atom. The molecule has 0 saturated carbocycles. The van der Waals surface area contributed by atoms with Crippen LogP contribution in [-0.4, -0.2) is 25.2 Å². The second kappa shape index (κ2) is 5.19. The van der Waals surface area contributed by atoms with Crippen molar-refractivity contribution in [3.63, 3.8) is 0 Å². The zero-order valence-electron chi connectivity index (χ0n) is 10.8. The Morgan fingerprint density at radius 2 is 2.12 bits per heavy atom. The zero-order valence-corrected chi connectivity index (χ0v) is 10.8. The summed E-state index contributed by atoms with van der Waals surface area (Å²) in [4.78, 5) is 12.0. The molecular weight excluding hydrogens is 216 g/mol. The van der Waals surface area contributed by atoms with E-state index in [9.17, 15) is 4.79 Å². The number of hydrogen-bond donors (Lipinski definition) is 2. The first kappa shape index (κ1) is 13.5. The minimum absolute atomic E-state index is 0.161. The second-order valence-corrected chi connectivity index (χ2v) is 4.69. The van der Waals surface area contributed by atoms with Crippen LogP contribution >= 0.6 is 0 Å². The van der Waals surface area contributed by atoms with E-state index >= 15 is 0 Å². The Labute approximate surface area is 102 Å². The van der Waals surface area contributed by atoms with Gasteiger partial charge in [0.2, 0.25) is 0 Å². The maximum atomic E-state index is 12.0. The van der Waals surface area contributed by atoms with Gasteiger partial charge in [-0.15, -0.1) is 0 Å². The van der Waals surface area contributed by atoms with E-state index in [1.807, 2.05) is 32.9 Å². The highest BCUT2D eigenvalue weighted by Gasteiger charge is 2.19. The van der Waals surface area contributed by atoms with Crippen LogP contribution in [0.3, 0.4) is 0 Å². The third kappa shape index (κ3) is 3.46. The number of carbonyl (C=O) groups is 1. The van der Waals surface area contributed by atoms with Crippen LogP contribution < -0.4 is 11.1 Å². The summed E-state index contributed by atoms with van der Waals surface area (Å²) in [6, 6.07) is 5.43. The Balaban J connectivity index is 2.78. The molecule has 1 amide bonds. The first-order valence-corrected chi connectivity index (χ1v) is 5.56. The van der Waals surface area contributed by atoms with Crippen LogP contribution in [-0.2, 0) is 4.74 Å². The summed E-state index contributed by atoms with van der Waals surface area (Å²) < 4.78 is 5.24. The van der Waals surface area contributed by atoms with Crippen LogP contribution in [0.4, 0.5) is 5.69 Å². The third-order valence-electron chi connectivity index (χ3n) is 2.76. The van der Waals surface area contributed by atoms with Gasteiger partial charge in [-0.05, 0) is 32.4 Å². The van der Waals surface area contributed by atoms with Gasteiger partial charge in [0.15, 0.2) is 0 Å². The van der Waals surface area contributed by atoms with E-state index in [1.54, 1.807) is 13.2 Å². The topological polar surface area (TPSA) is 64.3 Å². The van der Waals surface area contributed by atoms with Gasteiger partial charge in [0, 0.05) is 19.3 Å². The fourth-order valence-electron chi connectivity index (χ4n) is 1.45. The van der Waals surface area contributed by atoms with E-state index in [-0.39, 0.29) is 11.5 Å². The van der Waals surface area contributed by atoms with Gasteiger partial charge in [-0.3, -0.25) is 4.79 Å². The van der Waals surface area contributed by atoms with Crippen LogP contribution in [0, 0.1) is 6.92 Å². The average Bonchev–Trinajstić information content (AvgIpc) is 2.26. The molecular formula is C13H20N2O2. The Kier molecular flexibility index (Phi) is 4.12. The zero-order chi connectivity index (χ0) is 13.1. The van der Waals surface area contributed by atoms with Crippen molar-refractivity contribution in [3.05, 3.63) is 29.3 Å². The van der Waals surface area contributed by atoms with Crippen LogP contribution in [0.25, 0.3) is 0 Å². The number of hydrogen-bond acceptors (Lipinski definition) is 3. The number of nitrogen functional groups attached to an aromatic ring is 1. The molecule has 1 rings (SSSR count). The summed E-state index contributed by atoms with van der Waals surface area (Å²) in [7, 11) is 1.62. The lowest BCUT2D eigenvalue weighted by atomic mass is 10.1. The number of rotatable bonds is 4. The van der Waals surface area contributed by atoms with E-state index in [0.717, 1.165) is 5.56 Å². The van der Waals surface area contributed by atoms with E-state index < -0.39 is 0 Å². The van der Waals surface area contributed by atoms with Crippen molar-refractivity contribution in [2.75, 3.05) is 19.4 Å². The lowest BCUT2D eigenvalue weighted by Gasteiger charge is -2.23. The number of nitrogens with two attached hydrogens (primary N) is 1. The lowest BCUT2D eigenvalue weighted by molar-refractivity contribution is 0.0229. The molecule has 0 fully saturated rings. The van der Waals surface area contributed by atoms with Gasteiger partial charge in [-0.2, -0.15) is 0 Å². The minimum atomic E-state index is -0.382. The summed E-state index contributed by atoms with van der Waals surface area (Å²) in [5, 5.41) is 2.83. The predicted octanol–water partition coefficient (Wildman–Crippen LogP) is 1.73. The van der Waals surface area contributed by atoms with Gasteiger partial charge >= 0.3 is 0 Å². The highest BCUT2D eigenvalue weighted by atomic mass is 16.5. The SMILES string of the molecule is COC(C)(C)CNC(=O)c1c(C)cccc1N. The Hall–Kier alpha value is -1.55. The maximum Gasteiger partial charge on any atom is 0.253 e. The molecule has 3 N–H and O–H groups in total. The van der Waals surface area contributed by atoms with E-state index in [0.29, 0.717) is 17.8 Å². The molecule has 0 unspecified atom stereocenters. The normalized spacial score (nSPS) is 11.3. The molecule has 4 heteroatoms. The van der Waals surface area contributed by atoms with E-state index in [4.69, 9.17) is 10.5 Å². The molecule has 0 saturated heterocycles. The van der Waals surface area contributed by atoms with Crippen LogP contribution in [0.1, 0.15) is 29.8 Å². The summed E-state index contributed by atoms with van der Waals surface area (Å²) in [6.45, 7) is 6.13. The molecule has 0 bridgehead atoms. The Bertz CT molecular complexity index is 394. The number of amides is 1. The molecule has 0 aliphatic heterocycles. The molecule has 94 valence electrons. The van der Waals surface area contributed by atoms with Crippen molar-refractivity contribution in [1.82, 2.24) is 5.32 Å². The van der Waals surface area contributed by atoms with Gasteiger partial charge in [0.1, 0.15) is 0 Å². The fraction of sp³-hybridized carbons (Fsp3) is 0.462. The molecule has 0 aliphatic carbocycles. The highest BCUT2D eigenvalue weighted by Crippen LogP contribution is 2.16. The van der Waals surface area contributed by atoms with Crippen LogP contribution in [0.2, 0.25) is 0 Å². The molecule has 0 heterocycles. The molecule has 0 aliphatic rings. The van der Waals surface area contributed by atoms with Gasteiger partial charge in [-0.1, -0.05) is 12.1 Å². The van der Waals surface area contributed by atoms with Crippen molar-refractivity contribution >= 4 is 11.6 Å². The fourth-order valence-corrected chi connectivity index (χ4v) is 1.45. The van der Waals surface area contributed by atoms with Crippen LogP contribution in [0.15, 0.2) is 18.2 Å². The number of carbonyl (C=O) groups excluding carboxylic acids is 1. The summed E-state index contributed by atoms with van der Waals surface area (Å²) in [5.74, 6) is -0.161. The molecule has 0 aromatic heterocycles. The minimum Gasteiger partial charge on any atom is -0.398 e. The largest absolute Gasteiger partial charge is 0.398 e. The number of ether oxygens (including phenoxy) is 1. The summed E-state index contributed by atoms with van der Waals surface area (Å²) in [5.41, 5.74) is 7.33. The van der Waals surface area contributed by atoms with Crippen molar-refractivity contribution in [2.45, 2.75) is 26.4 Å². The van der Waals surface area contributed by atoms with E-state index in [1.165, 1.54) is 0 Å². The number of benzene rings is 1. The molecule has 17 heavy (non-hydrogen) atoms. The summed E-state index contributed by atoms with van der Waals surface area (Å²) in [6.07, 6.45) is 0. The Morgan fingerprint density at radius 1 is 1.47 bits per heavy atom. The monoisotopic (exact) mass is 236 g/mol. The van der Waals surface area contributed by atoms with Crippen molar-refractivity contribution in [2.24, 2.45) is 0 Å². The molecule has 0 radical (unpaired) electrons. The van der Waals surface area contributed by atoms with Crippen LogP contribution in [0.5, 0.6) is 0 Å². The average molecular weight is 236 g/mol. The molecule has 1 aromatic carbocycles. The number of nitrogens with one attached hydrogen (secondary N) is 1. The number of methoxy groups -OCH3 is 1. The maximum absolute atomic E-state index is 12.0. The van der Waals surface area contributed by atoms with Crippen molar-refractivity contribution in [1.29, 1.82) is 0 Å². The van der Waals surface area contributed by atoms with Crippen molar-refractivity contribution in [3.8, 4) is 0 Å². The van der Waals surface area contributed by atoms with Gasteiger partial charge in [-0.25, -0.2) is 0 Å². The summed E-state index contributed by atoms with van der Waals surface area (Å²) >= 11 is 0. The number of aryl methyl sites for hydroxylation is 1. The first-order valence-electron chi connectivity index (χ1n) is 5.56. The smallest absolute Gasteiger partial charge is 0.253 e. The standard InChI is InChI=1S/C13H20N2O2/c1-9-6-5-7-10(14)11(9)12(16)15-8-13(2,3)17-4/h5-7H,8,14H2,1-4H3,(H,15,16). The second-order valence-electron chi connectivity index (χ2n) is 4.69. The van der Waals surface area contributed by atoms with Gasteiger partial charge < -0.3 is 15.8 Å². The first-order chi connectivity index (χ1) is 7.87. The third-order valence-corrected chi connectivity index (χ3v) is 2.76. The lowest BCUT2D eigenvalue weighted by Crippen LogP contribution is -2.40. The quantitative estimate of drug-likeness (QED) is 0.782. The van der Waals surface area contributed by atoms with Gasteiger partial charge in [0.25, 0.3) is 5.91 Å².